The smallest absolute Gasteiger partial charge is 0.315 e. The highest BCUT2D eigenvalue weighted by Gasteiger charge is 2.47. The van der Waals surface area contributed by atoms with Crippen LogP contribution in [-0.2, 0) is 14.4 Å². The van der Waals surface area contributed by atoms with Crippen molar-refractivity contribution in [2.75, 3.05) is 6.54 Å². The molecule has 1 unspecified atom stereocenters. The minimum atomic E-state index is -1.46. The number of carbonyl (C=O) groups excluding carboxylic acids is 4. The van der Waals surface area contributed by atoms with Crippen LogP contribution in [0.2, 0.25) is 0 Å². The van der Waals surface area contributed by atoms with Crippen molar-refractivity contribution >= 4 is 45.3 Å². The van der Waals surface area contributed by atoms with Gasteiger partial charge in [0.1, 0.15) is 28.6 Å². The molecule has 2 aliphatic rings. The van der Waals surface area contributed by atoms with Crippen molar-refractivity contribution in [2.24, 2.45) is 5.41 Å². The molecule has 1 saturated heterocycles. The number of likely N-dealkylation sites (tertiary alicyclic amines) is 1. The van der Waals surface area contributed by atoms with Gasteiger partial charge in [-0.05, 0) is 69.0 Å². The summed E-state index contributed by atoms with van der Waals surface area (Å²) in [6.07, 6.45) is 2.27. The Labute approximate surface area is 302 Å². The highest BCUT2D eigenvalue weighted by molar-refractivity contribution is 7.17. The first-order chi connectivity index (χ1) is 24.0. The Kier molecular flexibility index (Phi) is 11.5. The van der Waals surface area contributed by atoms with E-state index >= 15 is 0 Å². The molecule has 1 aliphatic heterocycles. The van der Waals surface area contributed by atoms with Crippen molar-refractivity contribution in [1.82, 2.24) is 41.1 Å². The standard InChI is InChI=1S/C36H50N8O6S/c1-8-11-22(26(45)31(47)38-20-13-14-20)40-30(46)25-18-21(19-44(25)33(48)28(35(2,3)4)41-34(49)43-36(5,6)7)50-32-27-23(15-17-51-27)39-29(42-32)24-12-9-10-16-37-24/h9-10,12,15-17,20-22,25-26,28,45H,8,11,13-14,18-19H2,1-7H3,(H,38,47)(H,40,46)(H2,41,43,49)/t21-,22+,25+,26?,28-/m1/s1. The molecular weight excluding hydrogens is 673 g/mol. The Balaban J connectivity index is 1.44. The number of hydrogen-bond acceptors (Lipinski definition) is 10. The maximum atomic E-state index is 14.5. The topological polar surface area (TPSA) is 188 Å². The van der Waals surface area contributed by atoms with E-state index in [1.165, 1.54) is 16.2 Å². The predicted octanol–water partition coefficient (Wildman–Crippen LogP) is 3.54. The monoisotopic (exact) mass is 722 g/mol. The largest absolute Gasteiger partial charge is 0.471 e. The van der Waals surface area contributed by atoms with Crippen LogP contribution in [0, 0.1) is 5.41 Å². The zero-order valence-corrected chi connectivity index (χ0v) is 31.2. The predicted molar refractivity (Wildman–Crippen MR) is 194 cm³/mol. The number of nitrogens with zero attached hydrogens (tertiary/aromatic N) is 4. The molecule has 0 bridgehead atoms. The van der Waals surface area contributed by atoms with Crippen LogP contribution >= 0.6 is 11.3 Å². The Morgan fingerprint density at radius 1 is 1.06 bits per heavy atom. The summed E-state index contributed by atoms with van der Waals surface area (Å²) in [7, 11) is 0. The van der Waals surface area contributed by atoms with E-state index in [9.17, 15) is 24.3 Å². The molecule has 0 radical (unpaired) electrons. The number of fused-ring (bicyclic) bond motifs is 1. The molecule has 5 atom stereocenters. The van der Waals surface area contributed by atoms with E-state index in [2.05, 4.69) is 31.2 Å². The number of rotatable bonds is 12. The van der Waals surface area contributed by atoms with Crippen LogP contribution in [0.1, 0.15) is 80.6 Å². The molecule has 1 saturated carbocycles. The molecule has 15 heteroatoms. The van der Waals surface area contributed by atoms with Crippen molar-refractivity contribution in [1.29, 1.82) is 0 Å². The molecule has 3 aromatic rings. The summed E-state index contributed by atoms with van der Waals surface area (Å²) < 4.78 is 7.23. The zero-order chi connectivity index (χ0) is 37.1. The average Bonchev–Trinajstić information content (AvgIpc) is 3.56. The van der Waals surface area contributed by atoms with Gasteiger partial charge in [0.15, 0.2) is 11.9 Å². The second-order valence-corrected chi connectivity index (χ2v) is 16.4. The van der Waals surface area contributed by atoms with E-state index in [1.807, 2.05) is 66.0 Å². The average molecular weight is 723 g/mol. The summed E-state index contributed by atoms with van der Waals surface area (Å²) in [6, 6.07) is 3.92. The molecular formula is C36H50N8O6S. The molecule has 2 fully saturated rings. The van der Waals surface area contributed by atoms with Gasteiger partial charge < -0.3 is 36.0 Å². The third-order valence-electron chi connectivity index (χ3n) is 8.67. The second kappa shape index (κ2) is 15.5. The lowest BCUT2D eigenvalue weighted by Crippen LogP contribution is -2.61. The number of nitrogens with one attached hydrogen (secondary N) is 4. The van der Waals surface area contributed by atoms with E-state index in [0.717, 1.165) is 12.8 Å². The van der Waals surface area contributed by atoms with Gasteiger partial charge in [-0.2, -0.15) is 4.98 Å². The summed E-state index contributed by atoms with van der Waals surface area (Å²) in [5.74, 6) is -0.850. The van der Waals surface area contributed by atoms with Crippen molar-refractivity contribution in [2.45, 2.75) is 122 Å². The first-order valence-corrected chi connectivity index (χ1v) is 18.4. The van der Waals surface area contributed by atoms with Gasteiger partial charge in [-0.15, -0.1) is 11.3 Å². The van der Waals surface area contributed by atoms with Crippen LogP contribution in [0.3, 0.4) is 0 Å². The summed E-state index contributed by atoms with van der Waals surface area (Å²) in [5, 5.41) is 24.2. The van der Waals surface area contributed by atoms with Crippen LogP contribution in [0.4, 0.5) is 4.79 Å². The zero-order valence-electron chi connectivity index (χ0n) is 30.4. The number of ether oxygens (including phenoxy) is 1. The number of urea groups is 1. The fourth-order valence-electron chi connectivity index (χ4n) is 5.98. The maximum absolute atomic E-state index is 14.5. The van der Waals surface area contributed by atoms with Crippen LogP contribution in [0.5, 0.6) is 5.88 Å². The first-order valence-electron chi connectivity index (χ1n) is 17.5. The number of carbonyl (C=O) groups is 4. The highest BCUT2D eigenvalue weighted by atomic mass is 32.1. The minimum absolute atomic E-state index is 0.0189. The number of amides is 5. The van der Waals surface area contributed by atoms with Crippen LogP contribution in [-0.4, -0.2) is 97.2 Å². The van der Waals surface area contributed by atoms with Gasteiger partial charge >= 0.3 is 6.03 Å². The number of pyridine rings is 1. The van der Waals surface area contributed by atoms with Gasteiger partial charge in [0.2, 0.25) is 17.7 Å². The number of aliphatic hydroxyl groups is 1. The molecule has 4 heterocycles. The fraction of sp³-hybridized carbons (Fsp3) is 0.583. The van der Waals surface area contributed by atoms with Crippen molar-refractivity contribution in [3.8, 4) is 17.4 Å². The fourth-order valence-corrected chi connectivity index (χ4v) is 6.74. The van der Waals surface area contributed by atoms with E-state index in [0.29, 0.717) is 40.5 Å². The molecule has 1 aliphatic carbocycles. The molecule has 51 heavy (non-hydrogen) atoms. The Hall–Kier alpha value is -4.37. The molecule has 5 N–H and O–H groups in total. The molecule has 3 aromatic heterocycles. The maximum Gasteiger partial charge on any atom is 0.315 e. The van der Waals surface area contributed by atoms with E-state index < -0.39 is 65.0 Å². The van der Waals surface area contributed by atoms with Crippen LogP contribution in [0.15, 0.2) is 35.8 Å². The summed E-state index contributed by atoms with van der Waals surface area (Å²) >= 11 is 1.41. The Morgan fingerprint density at radius 2 is 1.80 bits per heavy atom. The lowest BCUT2D eigenvalue weighted by molar-refractivity contribution is -0.143. The third-order valence-corrected chi connectivity index (χ3v) is 9.56. The number of aliphatic hydroxyl groups excluding tert-OH is 1. The molecule has 0 aromatic carbocycles. The molecule has 5 rings (SSSR count). The van der Waals surface area contributed by atoms with Crippen LogP contribution < -0.4 is 26.0 Å². The normalized spacial score (nSPS) is 19.6. The van der Waals surface area contributed by atoms with E-state index in [4.69, 9.17) is 9.72 Å². The lowest BCUT2D eigenvalue weighted by atomic mass is 9.85. The van der Waals surface area contributed by atoms with Crippen molar-refractivity contribution in [3.05, 3.63) is 35.8 Å². The van der Waals surface area contributed by atoms with Gasteiger partial charge in [0.25, 0.3) is 5.91 Å². The summed E-state index contributed by atoms with van der Waals surface area (Å²) in [6.45, 7) is 13.0. The molecule has 5 amide bonds. The van der Waals surface area contributed by atoms with Gasteiger partial charge in [-0.1, -0.05) is 40.2 Å². The summed E-state index contributed by atoms with van der Waals surface area (Å²) in [4.78, 5) is 69.7. The number of aromatic nitrogens is 3. The Bertz CT molecular complexity index is 1720. The lowest BCUT2D eigenvalue weighted by Gasteiger charge is -2.36. The molecule has 14 nitrogen and oxygen atoms in total. The highest BCUT2D eigenvalue weighted by Crippen LogP contribution is 2.34. The van der Waals surface area contributed by atoms with E-state index in [1.54, 1.807) is 18.3 Å². The van der Waals surface area contributed by atoms with Crippen LogP contribution in [0.25, 0.3) is 21.7 Å². The van der Waals surface area contributed by atoms with Gasteiger partial charge in [0.05, 0.1) is 18.1 Å². The SMILES string of the molecule is CCC[C@H](NC(=O)[C@@H]1C[C@@H](Oc2nc(-c3ccccn3)nc3ccsc23)CN1C(=O)[C@@H](NC(=O)NC(C)(C)C)C(C)(C)C)C(O)C(=O)NC1CC1. The Morgan fingerprint density at radius 3 is 2.43 bits per heavy atom. The summed E-state index contributed by atoms with van der Waals surface area (Å²) in [5.41, 5.74) is -0.0467. The third kappa shape index (κ3) is 9.70. The number of hydrogen-bond donors (Lipinski definition) is 5. The van der Waals surface area contributed by atoms with Gasteiger partial charge in [0, 0.05) is 24.2 Å². The van der Waals surface area contributed by atoms with Gasteiger partial charge in [-0.25, -0.2) is 9.78 Å². The van der Waals surface area contributed by atoms with Crippen molar-refractivity contribution < 1.29 is 29.0 Å². The number of thiophene rings is 1. The van der Waals surface area contributed by atoms with Crippen molar-refractivity contribution in [3.63, 3.8) is 0 Å². The van der Waals surface area contributed by atoms with Gasteiger partial charge in [-0.3, -0.25) is 19.4 Å². The second-order valence-electron chi connectivity index (χ2n) is 15.5. The molecule has 0 spiro atoms. The first kappa shape index (κ1) is 37.9. The molecule has 276 valence electrons. The minimum Gasteiger partial charge on any atom is -0.471 e. The quantitative estimate of drug-likeness (QED) is 0.186. The van der Waals surface area contributed by atoms with E-state index in [-0.39, 0.29) is 19.0 Å².